The van der Waals surface area contributed by atoms with E-state index in [9.17, 15) is 18.0 Å². The van der Waals surface area contributed by atoms with Gasteiger partial charge in [0.05, 0.1) is 11.9 Å². The highest BCUT2D eigenvalue weighted by atomic mass is 19.4. The van der Waals surface area contributed by atoms with Crippen molar-refractivity contribution in [1.29, 1.82) is 0 Å². The highest BCUT2D eigenvalue weighted by Gasteiger charge is 2.32. The first-order valence-electron chi connectivity index (χ1n) is 10.7. The van der Waals surface area contributed by atoms with Crippen LogP contribution in [0, 0.1) is 5.92 Å². The van der Waals surface area contributed by atoms with Crippen molar-refractivity contribution < 1.29 is 23.1 Å². The molecule has 1 aliphatic carbocycles. The zero-order valence-corrected chi connectivity index (χ0v) is 17.7. The summed E-state index contributed by atoms with van der Waals surface area (Å²) in [5.41, 5.74) is 2.43. The number of carbonyl (C=O) groups is 1. The number of nitrogens with one attached hydrogen (secondary N) is 1. The summed E-state index contributed by atoms with van der Waals surface area (Å²) >= 11 is 0. The standard InChI is InChI=1S/C24H23F3N4O2/c25-24(26,27)21-10-9-20(14-28-21)31-23-29-12-19(13-30-23)18-7-5-17(6-8-18)16-3-1-15(2-4-16)11-22(32)33/h5-10,12-16H,1-4,11H2,(H,32,33)(H,29,30,31)/t15-,16-. The lowest BCUT2D eigenvalue weighted by Gasteiger charge is -2.28. The number of aromatic nitrogens is 3. The lowest BCUT2D eigenvalue weighted by atomic mass is 9.77. The second-order valence-corrected chi connectivity index (χ2v) is 8.29. The van der Waals surface area contributed by atoms with Gasteiger partial charge in [0.2, 0.25) is 5.95 Å². The molecule has 0 spiro atoms. The fourth-order valence-electron chi connectivity index (χ4n) is 4.20. The molecule has 1 fully saturated rings. The average Bonchev–Trinajstić information content (AvgIpc) is 2.80. The van der Waals surface area contributed by atoms with E-state index >= 15 is 0 Å². The molecular weight excluding hydrogens is 433 g/mol. The number of rotatable bonds is 6. The van der Waals surface area contributed by atoms with E-state index in [1.54, 1.807) is 12.4 Å². The van der Waals surface area contributed by atoms with E-state index in [0.29, 0.717) is 11.6 Å². The van der Waals surface area contributed by atoms with E-state index in [4.69, 9.17) is 5.11 Å². The van der Waals surface area contributed by atoms with Crippen molar-refractivity contribution in [3.05, 3.63) is 66.2 Å². The third-order valence-corrected chi connectivity index (χ3v) is 5.99. The molecule has 4 rings (SSSR count). The van der Waals surface area contributed by atoms with Crippen LogP contribution in [0.4, 0.5) is 24.8 Å². The number of benzene rings is 1. The molecule has 0 atom stereocenters. The molecule has 1 saturated carbocycles. The molecule has 0 aliphatic heterocycles. The number of hydrogen-bond acceptors (Lipinski definition) is 5. The minimum atomic E-state index is -4.48. The van der Waals surface area contributed by atoms with Gasteiger partial charge in [-0.15, -0.1) is 0 Å². The van der Waals surface area contributed by atoms with Crippen LogP contribution in [0.2, 0.25) is 0 Å². The molecule has 0 unspecified atom stereocenters. The molecule has 2 aromatic heterocycles. The van der Waals surface area contributed by atoms with Gasteiger partial charge in [0.25, 0.3) is 0 Å². The van der Waals surface area contributed by atoms with Gasteiger partial charge in [-0.2, -0.15) is 13.2 Å². The topological polar surface area (TPSA) is 88.0 Å². The number of carboxylic acids is 1. The van der Waals surface area contributed by atoms with Crippen molar-refractivity contribution in [2.24, 2.45) is 5.92 Å². The number of halogens is 3. The molecule has 0 bridgehead atoms. The van der Waals surface area contributed by atoms with Crippen LogP contribution in [0.1, 0.15) is 49.3 Å². The maximum absolute atomic E-state index is 12.6. The van der Waals surface area contributed by atoms with Gasteiger partial charge in [-0.25, -0.2) is 15.0 Å². The predicted octanol–water partition coefficient (Wildman–Crippen LogP) is 6.05. The summed E-state index contributed by atoms with van der Waals surface area (Å²) in [4.78, 5) is 22.8. The maximum atomic E-state index is 12.6. The Hall–Kier alpha value is -3.49. The van der Waals surface area contributed by atoms with E-state index in [2.05, 4.69) is 32.4 Å². The highest BCUT2D eigenvalue weighted by Crippen LogP contribution is 2.37. The summed E-state index contributed by atoms with van der Waals surface area (Å²) in [6.07, 6.45) is 4.05. The molecule has 172 valence electrons. The number of carboxylic acid groups (broad SMARTS) is 1. The van der Waals surface area contributed by atoms with Crippen LogP contribution in [0.15, 0.2) is 55.0 Å². The molecule has 0 saturated heterocycles. The summed E-state index contributed by atoms with van der Waals surface area (Å²) in [5.74, 6) is 0.266. The fraction of sp³-hybridized carbons (Fsp3) is 0.333. The largest absolute Gasteiger partial charge is 0.481 e. The van der Waals surface area contributed by atoms with Crippen LogP contribution in [0.5, 0.6) is 0 Å². The van der Waals surface area contributed by atoms with Crippen LogP contribution in [0.3, 0.4) is 0 Å². The maximum Gasteiger partial charge on any atom is 0.433 e. The van der Waals surface area contributed by atoms with Crippen LogP contribution in [-0.4, -0.2) is 26.0 Å². The summed E-state index contributed by atoms with van der Waals surface area (Å²) < 4.78 is 37.8. The SMILES string of the molecule is O=C(O)C[C@H]1CC[C@H](c2ccc(-c3cnc(Nc4ccc(C(F)(F)F)nc4)nc3)cc2)CC1. The minimum absolute atomic E-state index is 0.256. The summed E-state index contributed by atoms with van der Waals surface area (Å²) in [6, 6.07) is 10.4. The Morgan fingerprint density at radius 1 is 0.909 bits per heavy atom. The molecule has 33 heavy (non-hydrogen) atoms. The lowest BCUT2D eigenvalue weighted by molar-refractivity contribution is -0.141. The molecule has 2 heterocycles. The number of aliphatic carboxylic acids is 1. The Morgan fingerprint density at radius 3 is 2.12 bits per heavy atom. The van der Waals surface area contributed by atoms with Crippen molar-refractivity contribution in [2.75, 3.05) is 5.32 Å². The molecule has 2 N–H and O–H groups in total. The van der Waals surface area contributed by atoms with Crippen LogP contribution >= 0.6 is 0 Å². The van der Waals surface area contributed by atoms with Gasteiger partial charge in [-0.3, -0.25) is 4.79 Å². The summed E-state index contributed by atoms with van der Waals surface area (Å²) in [6.45, 7) is 0. The Kier molecular flexibility index (Phi) is 6.57. The third-order valence-electron chi connectivity index (χ3n) is 5.99. The number of anilines is 2. The van der Waals surface area contributed by atoms with E-state index in [-0.39, 0.29) is 18.3 Å². The highest BCUT2D eigenvalue weighted by molar-refractivity contribution is 5.67. The fourth-order valence-corrected chi connectivity index (χ4v) is 4.20. The number of hydrogen-bond donors (Lipinski definition) is 2. The van der Waals surface area contributed by atoms with Crippen molar-refractivity contribution in [1.82, 2.24) is 15.0 Å². The molecule has 6 nitrogen and oxygen atoms in total. The number of pyridine rings is 1. The van der Waals surface area contributed by atoms with Crippen molar-refractivity contribution in [3.63, 3.8) is 0 Å². The van der Waals surface area contributed by atoms with Gasteiger partial charge in [-0.05, 0) is 60.8 Å². The van der Waals surface area contributed by atoms with Crippen molar-refractivity contribution in [2.45, 2.75) is 44.2 Å². The predicted molar refractivity (Wildman–Crippen MR) is 117 cm³/mol. The van der Waals surface area contributed by atoms with Gasteiger partial charge in [0, 0.05) is 24.4 Å². The Balaban J connectivity index is 1.36. The second kappa shape index (κ2) is 9.56. The van der Waals surface area contributed by atoms with Gasteiger partial charge in [0.1, 0.15) is 5.69 Å². The molecule has 1 aromatic carbocycles. The smallest absolute Gasteiger partial charge is 0.433 e. The van der Waals surface area contributed by atoms with Crippen molar-refractivity contribution in [3.8, 4) is 11.1 Å². The normalized spacial score (nSPS) is 18.6. The summed E-state index contributed by atoms with van der Waals surface area (Å²) in [5, 5.41) is 11.8. The third kappa shape index (κ3) is 5.85. The Labute approximate surface area is 188 Å². The first kappa shape index (κ1) is 22.7. The monoisotopic (exact) mass is 456 g/mol. The first-order chi connectivity index (χ1) is 15.8. The molecule has 0 radical (unpaired) electrons. The first-order valence-corrected chi connectivity index (χ1v) is 10.7. The molecule has 1 aliphatic rings. The van der Waals surface area contributed by atoms with Crippen LogP contribution < -0.4 is 5.32 Å². The lowest BCUT2D eigenvalue weighted by Crippen LogP contribution is -2.16. The van der Waals surface area contributed by atoms with E-state index in [1.807, 2.05) is 12.1 Å². The molecular formula is C24H23F3N4O2. The Morgan fingerprint density at radius 2 is 1.58 bits per heavy atom. The van der Waals surface area contributed by atoms with Gasteiger partial charge < -0.3 is 10.4 Å². The minimum Gasteiger partial charge on any atom is -0.481 e. The zero-order chi connectivity index (χ0) is 23.4. The molecule has 0 amide bonds. The second-order valence-electron chi connectivity index (χ2n) is 8.29. The van der Waals surface area contributed by atoms with E-state index in [1.165, 1.54) is 11.6 Å². The summed E-state index contributed by atoms with van der Waals surface area (Å²) in [7, 11) is 0. The van der Waals surface area contributed by atoms with Crippen LogP contribution in [0.25, 0.3) is 11.1 Å². The van der Waals surface area contributed by atoms with Crippen molar-refractivity contribution >= 4 is 17.6 Å². The van der Waals surface area contributed by atoms with Gasteiger partial charge >= 0.3 is 12.1 Å². The Bertz CT molecular complexity index is 1080. The van der Waals surface area contributed by atoms with E-state index in [0.717, 1.165) is 49.1 Å². The van der Waals surface area contributed by atoms with Gasteiger partial charge in [0.15, 0.2) is 0 Å². The van der Waals surface area contributed by atoms with E-state index < -0.39 is 17.8 Å². The quantitative estimate of drug-likeness (QED) is 0.470. The van der Waals surface area contributed by atoms with Gasteiger partial charge in [-0.1, -0.05) is 24.3 Å². The zero-order valence-electron chi connectivity index (χ0n) is 17.7. The number of alkyl halides is 3. The van der Waals surface area contributed by atoms with Crippen LogP contribution in [-0.2, 0) is 11.0 Å². The molecule has 3 aromatic rings. The molecule has 9 heteroatoms. The average molecular weight is 456 g/mol. The number of nitrogens with zero attached hydrogens (tertiary/aromatic N) is 3.